The van der Waals surface area contributed by atoms with Crippen LogP contribution in [0.1, 0.15) is 30.6 Å². The summed E-state index contributed by atoms with van der Waals surface area (Å²) in [6.07, 6.45) is 1.35. The van der Waals surface area contributed by atoms with Gasteiger partial charge in [0.05, 0.1) is 21.8 Å². The van der Waals surface area contributed by atoms with Crippen molar-refractivity contribution in [1.82, 2.24) is 4.90 Å². The van der Waals surface area contributed by atoms with Crippen LogP contribution in [-0.4, -0.2) is 55.2 Å². The zero-order valence-corrected chi connectivity index (χ0v) is 18.7. The van der Waals surface area contributed by atoms with Gasteiger partial charge >= 0.3 is 0 Å². The Bertz CT molecular complexity index is 929. The molecule has 5 nitrogen and oxygen atoms in total. The van der Waals surface area contributed by atoms with Gasteiger partial charge in [0.25, 0.3) is 0 Å². The third-order valence-corrected chi connectivity index (χ3v) is 6.87. The van der Waals surface area contributed by atoms with E-state index in [1.165, 1.54) is 0 Å². The van der Waals surface area contributed by atoms with E-state index in [9.17, 15) is 9.90 Å². The van der Waals surface area contributed by atoms with E-state index in [4.69, 9.17) is 23.2 Å². The van der Waals surface area contributed by atoms with Crippen molar-refractivity contribution in [3.63, 3.8) is 0 Å². The van der Waals surface area contributed by atoms with Gasteiger partial charge < -0.3 is 14.9 Å². The summed E-state index contributed by atoms with van der Waals surface area (Å²) < 4.78 is 0. The molecule has 1 atom stereocenters. The standard InChI is InChI=1S/C23H27Cl2N3O2/c1-16(29)28-9-3-4-17-14-18(7-8-20(17)28)22(30)15-26-10-12-27(13-11-26)21-6-2-5-19(24)23(21)25/h2,5-8,14,22,30H,3-4,9-13,15H2,1H3/t22-/m0/s1. The van der Waals surface area contributed by atoms with Crippen LogP contribution >= 0.6 is 23.2 Å². The molecule has 30 heavy (non-hydrogen) atoms. The number of halogens is 2. The largest absolute Gasteiger partial charge is 0.387 e. The number of hydrogen-bond acceptors (Lipinski definition) is 4. The Hall–Kier alpha value is -1.79. The van der Waals surface area contributed by atoms with Gasteiger partial charge in [-0.15, -0.1) is 0 Å². The first-order valence-corrected chi connectivity index (χ1v) is 11.2. The Balaban J connectivity index is 1.38. The second-order valence-corrected chi connectivity index (χ2v) is 8.82. The van der Waals surface area contributed by atoms with E-state index in [-0.39, 0.29) is 5.91 Å². The van der Waals surface area contributed by atoms with Gasteiger partial charge in [-0.1, -0.05) is 41.4 Å². The maximum atomic E-state index is 11.9. The van der Waals surface area contributed by atoms with Crippen LogP contribution in [0.25, 0.3) is 0 Å². The van der Waals surface area contributed by atoms with Gasteiger partial charge in [0.15, 0.2) is 0 Å². The summed E-state index contributed by atoms with van der Waals surface area (Å²) in [5.74, 6) is 0.0712. The lowest BCUT2D eigenvalue weighted by Crippen LogP contribution is -2.47. The lowest BCUT2D eigenvalue weighted by atomic mass is 9.97. The van der Waals surface area contributed by atoms with Crippen LogP contribution in [0.15, 0.2) is 36.4 Å². The van der Waals surface area contributed by atoms with Crippen molar-refractivity contribution >= 4 is 40.5 Å². The van der Waals surface area contributed by atoms with Crippen LogP contribution in [0.5, 0.6) is 0 Å². The molecule has 2 aromatic rings. The van der Waals surface area contributed by atoms with Gasteiger partial charge in [-0.2, -0.15) is 0 Å². The fourth-order valence-corrected chi connectivity index (χ4v) is 4.82. The topological polar surface area (TPSA) is 47.0 Å². The van der Waals surface area contributed by atoms with Crippen LogP contribution < -0.4 is 9.80 Å². The molecule has 0 spiro atoms. The molecule has 4 rings (SSSR count). The SMILES string of the molecule is CC(=O)N1CCCc2cc([C@@H](O)CN3CCN(c4cccc(Cl)c4Cl)CC3)ccc21. The first kappa shape index (κ1) is 21.4. The first-order valence-electron chi connectivity index (χ1n) is 10.4. The predicted octanol–water partition coefficient (Wildman–Crippen LogP) is 4.15. The molecule has 0 aromatic heterocycles. The normalized spacial score (nSPS) is 18.3. The van der Waals surface area contributed by atoms with Crippen molar-refractivity contribution in [3.8, 4) is 0 Å². The van der Waals surface area contributed by atoms with Crippen LogP contribution in [0.3, 0.4) is 0 Å². The number of carbonyl (C=O) groups excluding carboxylic acids is 1. The molecule has 2 heterocycles. The van der Waals surface area contributed by atoms with E-state index in [0.29, 0.717) is 16.6 Å². The molecule has 0 radical (unpaired) electrons. The Morgan fingerprint density at radius 3 is 2.57 bits per heavy atom. The van der Waals surface area contributed by atoms with Crippen LogP contribution in [0, 0.1) is 0 Å². The summed E-state index contributed by atoms with van der Waals surface area (Å²) in [7, 11) is 0. The predicted molar refractivity (Wildman–Crippen MR) is 123 cm³/mol. The number of fused-ring (bicyclic) bond motifs is 1. The quantitative estimate of drug-likeness (QED) is 0.764. The van der Waals surface area contributed by atoms with Gasteiger partial charge in [-0.3, -0.25) is 9.69 Å². The molecule has 1 saturated heterocycles. The molecule has 0 saturated carbocycles. The highest BCUT2D eigenvalue weighted by Gasteiger charge is 2.24. The number of hydrogen-bond donors (Lipinski definition) is 1. The monoisotopic (exact) mass is 447 g/mol. The van der Waals surface area contributed by atoms with Crippen LogP contribution in [-0.2, 0) is 11.2 Å². The number of benzene rings is 2. The maximum absolute atomic E-state index is 11.9. The molecule has 0 aliphatic carbocycles. The minimum absolute atomic E-state index is 0.0712. The minimum Gasteiger partial charge on any atom is -0.387 e. The van der Waals surface area contributed by atoms with E-state index < -0.39 is 6.10 Å². The van der Waals surface area contributed by atoms with E-state index in [0.717, 1.165) is 68.1 Å². The Kier molecular flexibility index (Phi) is 6.54. The molecule has 1 N–H and O–H groups in total. The van der Waals surface area contributed by atoms with Crippen molar-refractivity contribution in [2.24, 2.45) is 0 Å². The van der Waals surface area contributed by atoms with E-state index in [1.54, 1.807) is 13.0 Å². The fraction of sp³-hybridized carbons (Fsp3) is 0.435. The van der Waals surface area contributed by atoms with Gasteiger partial charge in [-0.25, -0.2) is 0 Å². The van der Waals surface area contributed by atoms with Crippen molar-refractivity contribution < 1.29 is 9.90 Å². The molecular weight excluding hydrogens is 421 g/mol. The maximum Gasteiger partial charge on any atom is 0.223 e. The first-order chi connectivity index (χ1) is 14.4. The summed E-state index contributed by atoms with van der Waals surface area (Å²) in [6.45, 7) is 6.34. The van der Waals surface area contributed by atoms with Crippen molar-refractivity contribution in [2.45, 2.75) is 25.9 Å². The van der Waals surface area contributed by atoms with Crippen molar-refractivity contribution in [3.05, 3.63) is 57.6 Å². The lowest BCUT2D eigenvalue weighted by Gasteiger charge is -2.37. The minimum atomic E-state index is -0.552. The highest BCUT2D eigenvalue weighted by atomic mass is 35.5. The number of piperazine rings is 1. The molecular formula is C23H27Cl2N3O2. The molecule has 2 aromatic carbocycles. The third kappa shape index (κ3) is 4.45. The number of anilines is 2. The molecule has 2 aliphatic heterocycles. The molecule has 0 bridgehead atoms. The summed E-state index contributed by atoms with van der Waals surface area (Å²) in [5.41, 5.74) is 4.01. The average Bonchev–Trinajstić information content (AvgIpc) is 2.75. The highest BCUT2D eigenvalue weighted by molar-refractivity contribution is 6.43. The van der Waals surface area contributed by atoms with Gasteiger partial charge in [0.1, 0.15) is 0 Å². The van der Waals surface area contributed by atoms with Gasteiger partial charge in [0.2, 0.25) is 5.91 Å². The molecule has 0 unspecified atom stereocenters. The van der Waals surface area contributed by atoms with Crippen LogP contribution in [0.4, 0.5) is 11.4 Å². The zero-order chi connectivity index (χ0) is 21.3. The third-order valence-electron chi connectivity index (χ3n) is 6.06. The number of amides is 1. The van der Waals surface area contributed by atoms with Crippen molar-refractivity contribution in [1.29, 1.82) is 0 Å². The van der Waals surface area contributed by atoms with Crippen molar-refractivity contribution in [2.75, 3.05) is 49.1 Å². The number of aryl methyl sites for hydroxylation is 1. The van der Waals surface area contributed by atoms with Crippen LogP contribution in [0.2, 0.25) is 10.0 Å². The summed E-state index contributed by atoms with van der Waals surface area (Å²) in [4.78, 5) is 18.2. The Morgan fingerprint density at radius 1 is 1.07 bits per heavy atom. The smallest absolute Gasteiger partial charge is 0.223 e. The van der Waals surface area contributed by atoms with Gasteiger partial charge in [0, 0.05) is 51.9 Å². The second-order valence-electron chi connectivity index (χ2n) is 8.04. The number of aliphatic hydroxyl groups excluding tert-OH is 1. The van der Waals surface area contributed by atoms with E-state index >= 15 is 0 Å². The summed E-state index contributed by atoms with van der Waals surface area (Å²) >= 11 is 12.5. The highest BCUT2D eigenvalue weighted by Crippen LogP contribution is 2.33. The Labute approximate surface area is 187 Å². The second kappa shape index (κ2) is 9.15. The zero-order valence-electron chi connectivity index (χ0n) is 17.2. The number of β-amino-alcohol motifs (C(OH)–C–C–N with tert-alkyl or cyclic N) is 1. The van der Waals surface area contributed by atoms with Gasteiger partial charge in [-0.05, 0) is 42.2 Å². The van der Waals surface area contributed by atoms with E-state index in [1.807, 2.05) is 29.2 Å². The number of aliphatic hydroxyl groups is 1. The molecule has 2 aliphatic rings. The summed E-state index contributed by atoms with van der Waals surface area (Å²) in [5, 5.41) is 12.0. The molecule has 160 valence electrons. The number of carbonyl (C=O) groups is 1. The van der Waals surface area contributed by atoms with E-state index in [2.05, 4.69) is 15.9 Å². The number of rotatable bonds is 4. The average molecular weight is 448 g/mol. The number of nitrogens with zero attached hydrogens (tertiary/aromatic N) is 3. The fourth-order valence-electron chi connectivity index (χ4n) is 4.41. The Morgan fingerprint density at radius 2 is 1.83 bits per heavy atom. The molecule has 1 fully saturated rings. The molecule has 7 heteroatoms. The molecule has 1 amide bonds. The summed E-state index contributed by atoms with van der Waals surface area (Å²) in [6, 6.07) is 11.7. The lowest BCUT2D eigenvalue weighted by molar-refractivity contribution is -0.116.